The Morgan fingerprint density at radius 1 is 0.410 bits per heavy atom. The quantitative estimate of drug-likeness (QED) is 0.0171. The standard InChI is InChI=1S/C63H108O15/c1-3-5-7-9-11-13-15-17-19-21-23-24-25-26-28-29-31-33-35-37-39-41-43-45-54(65)73-48-51(76-55(66)46-44-42-40-38-36-34-32-30-27-22-20-18-16-14-12-10-8-6-4-2)49-74-62-61(72)59(70)57(68)53(78-62)50-75-63-60(71)58(69)56(67)52(47-64)77-63/h12,14,18,20,27,29-31,34,36-37,39,51-53,56-64,67-72H,3-11,13,15-17,19,21-26,28,32-33,35,38,40-50H2,1-2H3/b14-12+,20-18+,30-27+,31-29+,36-34+,39-37+/t51-,52+,53+,56-,57-,58?,59?,60?,61?,62+,63+/m0/s1. The Labute approximate surface area is 470 Å². The average molecular weight is 1110 g/mol. The number of allylic oxidation sites excluding steroid dienone is 12. The molecule has 2 saturated heterocycles. The smallest absolute Gasteiger partial charge is 0.306 e. The third-order valence-corrected chi connectivity index (χ3v) is 14.1. The minimum atomic E-state index is -1.78. The lowest BCUT2D eigenvalue weighted by molar-refractivity contribution is -0.332. The summed E-state index contributed by atoms with van der Waals surface area (Å²) in [4.78, 5) is 25.9. The number of unbranched alkanes of at least 4 members (excludes halogenated alkanes) is 22. The highest BCUT2D eigenvalue weighted by molar-refractivity contribution is 5.70. The van der Waals surface area contributed by atoms with Gasteiger partial charge in [0.15, 0.2) is 18.7 Å². The first-order valence-corrected chi connectivity index (χ1v) is 30.5. The van der Waals surface area contributed by atoms with Crippen molar-refractivity contribution in [2.45, 2.75) is 287 Å². The third kappa shape index (κ3) is 34.9. The fourth-order valence-corrected chi connectivity index (χ4v) is 9.16. The number of hydrogen-bond acceptors (Lipinski definition) is 15. The van der Waals surface area contributed by atoms with Crippen molar-refractivity contribution < 1.29 is 73.8 Å². The lowest BCUT2D eigenvalue weighted by atomic mass is 9.98. The van der Waals surface area contributed by atoms with E-state index in [1.165, 1.54) is 109 Å². The van der Waals surface area contributed by atoms with E-state index in [1.807, 2.05) is 0 Å². The summed E-state index contributed by atoms with van der Waals surface area (Å²) in [6.45, 7) is 2.51. The molecule has 0 radical (unpaired) electrons. The summed E-state index contributed by atoms with van der Waals surface area (Å²) >= 11 is 0. The first-order valence-electron chi connectivity index (χ1n) is 30.5. The Morgan fingerprint density at radius 2 is 0.795 bits per heavy atom. The van der Waals surface area contributed by atoms with Crippen LogP contribution < -0.4 is 0 Å². The van der Waals surface area contributed by atoms with Gasteiger partial charge < -0.3 is 64.2 Å². The van der Waals surface area contributed by atoms with Crippen LogP contribution in [0.2, 0.25) is 0 Å². The SMILES string of the molecule is CCCCC/C=C/C/C=C/C/C=C/C/C=C/CCCCCC(=O)O[C@@H](COC(=O)CCC/C=C/CC/C=C/CCCCCCCCCCCCCCCC)CO[C@@H]1O[C@H](CO[C@@H]2O[C@H](CO)[C@H](O)C(O)C2O)[C@H](O)C(O)C1O. The molecule has 2 fully saturated rings. The van der Waals surface area contributed by atoms with Crippen LogP contribution in [0.15, 0.2) is 72.9 Å². The van der Waals surface area contributed by atoms with E-state index in [-0.39, 0.29) is 19.4 Å². The number of aliphatic hydroxyl groups is 7. The molecular weight excluding hydrogens is 997 g/mol. The molecule has 15 heteroatoms. The van der Waals surface area contributed by atoms with Crippen LogP contribution in [0.4, 0.5) is 0 Å². The van der Waals surface area contributed by atoms with Gasteiger partial charge in [0.25, 0.3) is 0 Å². The van der Waals surface area contributed by atoms with Crippen LogP contribution in [-0.4, -0.2) is 142 Å². The molecular formula is C63H108O15. The number of rotatable bonds is 48. The summed E-state index contributed by atoms with van der Waals surface area (Å²) in [7, 11) is 0. The molecule has 450 valence electrons. The van der Waals surface area contributed by atoms with Crippen molar-refractivity contribution >= 4 is 11.9 Å². The second kappa shape index (κ2) is 48.6. The fourth-order valence-electron chi connectivity index (χ4n) is 9.16. The largest absolute Gasteiger partial charge is 0.462 e. The van der Waals surface area contributed by atoms with Gasteiger partial charge in [-0.3, -0.25) is 9.59 Å². The van der Waals surface area contributed by atoms with E-state index < -0.39 is 99.3 Å². The lowest BCUT2D eigenvalue weighted by Crippen LogP contribution is -2.61. The molecule has 2 heterocycles. The number of ether oxygens (including phenoxy) is 6. The number of aliphatic hydroxyl groups excluding tert-OH is 7. The van der Waals surface area contributed by atoms with Gasteiger partial charge in [-0.25, -0.2) is 0 Å². The number of esters is 2. The normalized spacial score (nSPS) is 24.5. The Balaban J connectivity index is 1.77. The van der Waals surface area contributed by atoms with Crippen molar-refractivity contribution in [2.75, 3.05) is 26.4 Å². The van der Waals surface area contributed by atoms with E-state index >= 15 is 0 Å². The zero-order valence-corrected chi connectivity index (χ0v) is 48.1. The van der Waals surface area contributed by atoms with Crippen LogP contribution in [0.5, 0.6) is 0 Å². The van der Waals surface area contributed by atoms with E-state index in [0.717, 1.165) is 64.2 Å². The van der Waals surface area contributed by atoms with Gasteiger partial charge in [0.1, 0.15) is 55.4 Å². The summed E-state index contributed by atoms with van der Waals surface area (Å²) in [6.07, 6.45) is 43.6. The molecule has 15 nitrogen and oxygen atoms in total. The lowest BCUT2D eigenvalue weighted by Gasteiger charge is -2.42. The fraction of sp³-hybridized carbons (Fsp3) is 0.778. The maximum absolute atomic E-state index is 13.1. The van der Waals surface area contributed by atoms with Crippen LogP contribution >= 0.6 is 0 Å². The highest BCUT2D eigenvalue weighted by Crippen LogP contribution is 2.27. The number of hydrogen-bond donors (Lipinski definition) is 7. The van der Waals surface area contributed by atoms with Crippen molar-refractivity contribution in [3.8, 4) is 0 Å². The summed E-state index contributed by atoms with van der Waals surface area (Å²) < 4.78 is 33.6. The second-order valence-electron chi connectivity index (χ2n) is 21.2. The van der Waals surface area contributed by atoms with Crippen LogP contribution in [0, 0.1) is 0 Å². The van der Waals surface area contributed by atoms with E-state index in [0.29, 0.717) is 19.3 Å². The van der Waals surface area contributed by atoms with E-state index in [4.69, 9.17) is 28.4 Å². The first-order chi connectivity index (χ1) is 38.0. The Bertz CT molecular complexity index is 1630. The first kappa shape index (κ1) is 71.0. The molecule has 0 spiro atoms. The van der Waals surface area contributed by atoms with Gasteiger partial charge in [-0.2, -0.15) is 0 Å². The van der Waals surface area contributed by atoms with Crippen molar-refractivity contribution in [3.05, 3.63) is 72.9 Å². The Hall–Kier alpha value is -3.06. The van der Waals surface area contributed by atoms with E-state index in [9.17, 15) is 45.3 Å². The zero-order chi connectivity index (χ0) is 56.7. The van der Waals surface area contributed by atoms with Crippen LogP contribution in [0.3, 0.4) is 0 Å². The van der Waals surface area contributed by atoms with Gasteiger partial charge in [0.05, 0.1) is 19.8 Å². The number of carbonyl (C=O) groups is 2. The van der Waals surface area contributed by atoms with Crippen LogP contribution in [0.1, 0.15) is 219 Å². The minimum absolute atomic E-state index is 0.117. The Kier molecular flexibility index (Phi) is 44.3. The third-order valence-electron chi connectivity index (χ3n) is 14.1. The minimum Gasteiger partial charge on any atom is -0.462 e. The molecule has 4 unspecified atom stereocenters. The predicted octanol–water partition coefficient (Wildman–Crippen LogP) is 10.9. The Morgan fingerprint density at radius 3 is 1.32 bits per heavy atom. The second-order valence-corrected chi connectivity index (χ2v) is 21.2. The van der Waals surface area contributed by atoms with E-state index in [1.54, 1.807) is 0 Å². The molecule has 0 saturated carbocycles. The van der Waals surface area contributed by atoms with E-state index in [2.05, 4.69) is 86.8 Å². The van der Waals surface area contributed by atoms with Gasteiger partial charge >= 0.3 is 11.9 Å². The molecule has 0 aromatic rings. The maximum atomic E-state index is 13.1. The molecule has 0 aromatic heterocycles. The van der Waals surface area contributed by atoms with Crippen LogP contribution in [-0.2, 0) is 38.0 Å². The van der Waals surface area contributed by atoms with Crippen molar-refractivity contribution in [3.63, 3.8) is 0 Å². The molecule has 0 amide bonds. The monoisotopic (exact) mass is 1100 g/mol. The number of carbonyl (C=O) groups excluding carboxylic acids is 2. The molecule has 2 aliphatic heterocycles. The molecule has 11 atom stereocenters. The molecule has 0 aromatic carbocycles. The average Bonchev–Trinajstić information content (AvgIpc) is 3.43. The van der Waals surface area contributed by atoms with Gasteiger partial charge in [0, 0.05) is 12.8 Å². The molecule has 2 rings (SSSR count). The predicted molar refractivity (Wildman–Crippen MR) is 307 cm³/mol. The van der Waals surface area contributed by atoms with Crippen molar-refractivity contribution in [2.24, 2.45) is 0 Å². The molecule has 78 heavy (non-hydrogen) atoms. The highest BCUT2D eigenvalue weighted by Gasteiger charge is 2.47. The van der Waals surface area contributed by atoms with Crippen molar-refractivity contribution in [1.29, 1.82) is 0 Å². The summed E-state index contributed by atoms with van der Waals surface area (Å²) in [5, 5.41) is 72.3. The highest BCUT2D eigenvalue weighted by atomic mass is 16.7. The summed E-state index contributed by atoms with van der Waals surface area (Å²) in [6, 6.07) is 0. The van der Waals surface area contributed by atoms with Gasteiger partial charge in [0.2, 0.25) is 0 Å². The molecule has 0 aliphatic carbocycles. The molecule has 0 bridgehead atoms. The molecule has 2 aliphatic rings. The van der Waals surface area contributed by atoms with Gasteiger partial charge in [-0.1, -0.05) is 189 Å². The summed E-state index contributed by atoms with van der Waals surface area (Å²) in [5.41, 5.74) is 0. The zero-order valence-electron chi connectivity index (χ0n) is 48.1. The van der Waals surface area contributed by atoms with Gasteiger partial charge in [-0.15, -0.1) is 0 Å². The summed E-state index contributed by atoms with van der Waals surface area (Å²) in [5.74, 6) is -1.01. The van der Waals surface area contributed by atoms with Crippen molar-refractivity contribution in [1.82, 2.24) is 0 Å². The topological polar surface area (TPSA) is 231 Å². The maximum Gasteiger partial charge on any atom is 0.306 e. The van der Waals surface area contributed by atoms with Gasteiger partial charge in [-0.05, 0) is 89.9 Å². The van der Waals surface area contributed by atoms with Crippen LogP contribution in [0.25, 0.3) is 0 Å². The molecule has 7 N–H and O–H groups in total.